The lowest BCUT2D eigenvalue weighted by molar-refractivity contribution is -0.685. The summed E-state index contributed by atoms with van der Waals surface area (Å²) in [5.41, 5.74) is 1.85. The van der Waals surface area contributed by atoms with E-state index < -0.39 is 6.04 Å². The summed E-state index contributed by atoms with van der Waals surface area (Å²) < 4.78 is 7.36. The number of rotatable bonds is 3. The zero-order valence-corrected chi connectivity index (χ0v) is 14.8. The van der Waals surface area contributed by atoms with Crippen molar-refractivity contribution < 1.29 is 18.6 Å². The standard InChI is InChI=1S/C19H19N4O3/c1-12-13(2)26-18-20-16-15(23(12)18)17(24)22(19(25)21(16)3)11-7-10-14-8-5-4-6-9-14/h4-10,15H,11H2,1-3H3/q+1/b10-7+. The van der Waals surface area contributed by atoms with Crippen molar-refractivity contribution in [3.05, 3.63) is 53.4 Å². The van der Waals surface area contributed by atoms with E-state index in [1.54, 1.807) is 11.6 Å². The fourth-order valence-electron chi connectivity index (χ4n) is 3.26. The third-order valence-corrected chi connectivity index (χ3v) is 4.79. The molecule has 0 spiro atoms. The highest BCUT2D eigenvalue weighted by molar-refractivity contribution is 6.19. The molecule has 1 aromatic heterocycles. The lowest BCUT2D eigenvalue weighted by Gasteiger charge is -2.31. The summed E-state index contributed by atoms with van der Waals surface area (Å²) >= 11 is 0. The minimum Gasteiger partial charge on any atom is -0.389 e. The second kappa shape index (κ2) is 5.94. The van der Waals surface area contributed by atoms with Crippen LogP contribution >= 0.6 is 0 Å². The van der Waals surface area contributed by atoms with Gasteiger partial charge in [0.2, 0.25) is 0 Å². The van der Waals surface area contributed by atoms with E-state index in [0.717, 1.165) is 11.3 Å². The molecular formula is C19H19N4O3+. The quantitative estimate of drug-likeness (QED) is 0.797. The van der Waals surface area contributed by atoms with Crippen molar-refractivity contribution >= 4 is 29.9 Å². The van der Waals surface area contributed by atoms with Crippen molar-refractivity contribution in [2.24, 2.45) is 4.99 Å². The molecule has 0 saturated carbocycles. The predicted molar refractivity (Wildman–Crippen MR) is 94.9 cm³/mol. The lowest BCUT2D eigenvalue weighted by Crippen LogP contribution is -2.63. The van der Waals surface area contributed by atoms with Gasteiger partial charge < -0.3 is 4.42 Å². The van der Waals surface area contributed by atoms with E-state index in [9.17, 15) is 9.59 Å². The SMILES string of the molecule is Cc1oc2[n+](c1C)C1C(=O)N(C/C=C/c3ccccc3)C(=O)N(C)C1=N2. The molecule has 7 nitrogen and oxygen atoms in total. The Morgan fingerprint density at radius 3 is 2.69 bits per heavy atom. The molecule has 0 radical (unpaired) electrons. The molecule has 7 heteroatoms. The molecule has 4 rings (SSSR count). The number of amides is 3. The highest BCUT2D eigenvalue weighted by Crippen LogP contribution is 2.30. The van der Waals surface area contributed by atoms with Gasteiger partial charge in [0.15, 0.2) is 5.76 Å². The molecule has 3 heterocycles. The Kier molecular flexibility index (Phi) is 3.72. The number of hydrogen-bond donors (Lipinski definition) is 0. The van der Waals surface area contributed by atoms with Crippen LogP contribution in [0.2, 0.25) is 0 Å². The fourth-order valence-corrected chi connectivity index (χ4v) is 3.26. The topological polar surface area (TPSA) is 70.0 Å². The zero-order valence-electron chi connectivity index (χ0n) is 14.8. The van der Waals surface area contributed by atoms with Crippen LogP contribution in [0.15, 0.2) is 45.8 Å². The normalized spacial score (nSPS) is 19.2. The van der Waals surface area contributed by atoms with Gasteiger partial charge in [-0.05, 0) is 12.5 Å². The number of likely N-dealkylation sites (N-methyl/N-ethyl adjacent to an activating group) is 1. The number of oxazole rings is 1. The third kappa shape index (κ3) is 2.35. The number of carbonyl (C=O) groups is 2. The van der Waals surface area contributed by atoms with Crippen LogP contribution in [0.5, 0.6) is 0 Å². The van der Waals surface area contributed by atoms with Gasteiger partial charge in [0.25, 0.3) is 17.8 Å². The van der Waals surface area contributed by atoms with E-state index in [0.29, 0.717) is 17.6 Å². The number of aryl methyl sites for hydroxylation is 1. The lowest BCUT2D eigenvalue weighted by atomic mass is 10.1. The zero-order chi connectivity index (χ0) is 18.4. The first-order chi connectivity index (χ1) is 12.5. The molecule has 1 atom stereocenters. The summed E-state index contributed by atoms with van der Waals surface area (Å²) in [6.07, 6.45) is 3.71. The van der Waals surface area contributed by atoms with Gasteiger partial charge in [-0.15, -0.1) is 0 Å². The monoisotopic (exact) mass is 351 g/mol. The molecule has 0 bridgehead atoms. The van der Waals surface area contributed by atoms with E-state index in [1.165, 1.54) is 9.80 Å². The number of amidine groups is 1. The van der Waals surface area contributed by atoms with E-state index in [4.69, 9.17) is 4.42 Å². The Morgan fingerprint density at radius 2 is 1.96 bits per heavy atom. The van der Waals surface area contributed by atoms with Crippen molar-refractivity contribution in [2.45, 2.75) is 19.9 Å². The molecule has 132 valence electrons. The van der Waals surface area contributed by atoms with E-state index in [2.05, 4.69) is 4.99 Å². The first kappa shape index (κ1) is 16.3. The summed E-state index contributed by atoms with van der Waals surface area (Å²) in [5, 5.41) is 0. The molecule has 1 unspecified atom stereocenters. The van der Waals surface area contributed by atoms with Crippen molar-refractivity contribution in [1.82, 2.24) is 9.80 Å². The van der Waals surface area contributed by atoms with Crippen molar-refractivity contribution in [3.63, 3.8) is 0 Å². The number of urea groups is 1. The number of imide groups is 1. The highest BCUT2D eigenvalue weighted by atomic mass is 16.4. The van der Waals surface area contributed by atoms with E-state index in [-0.39, 0.29) is 18.5 Å². The van der Waals surface area contributed by atoms with E-state index >= 15 is 0 Å². The smallest absolute Gasteiger partial charge is 0.389 e. The van der Waals surface area contributed by atoms with Crippen LogP contribution in [0.1, 0.15) is 23.1 Å². The Labute approximate surface area is 150 Å². The number of hydrogen-bond acceptors (Lipinski definition) is 4. The van der Waals surface area contributed by atoms with Crippen LogP contribution in [0.3, 0.4) is 0 Å². The first-order valence-corrected chi connectivity index (χ1v) is 8.40. The van der Waals surface area contributed by atoms with Crippen LogP contribution in [0, 0.1) is 13.8 Å². The van der Waals surface area contributed by atoms with Gasteiger partial charge in [0.05, 0.1) is 0 Å². The Hall–Kier alpha value is -3.22. The fraction of sp³-hybridized carbons (Fsp3) is 0.263. The van der Waals surface area contributed by atoms with Crippen molar-refractivity contribution in [1.29, 1.82) is 0 Å². The molecule has 0 aliphatic carbocycles. The maximum atomic E-state index is 13.0. The van der Waals surface area contributed by atoms with Crippen LogP contribution in [0.25, 0.3) is 6.08 Å². The number of aliphatic imine (C=N–C) groups is 1. The second-order valence-electron chi connectivity index (χ2n) is 6.37. The number of benzene rings is 1. The Bertz CT molecular complexity index is 959. The van der Waals surface area contributed by atoms with Crippen LogP contribution in [0.4, 0.5) is 10.8 Å². The molecule has 2 aliphatic rings. The predicted octanol–water partition coefficient (Wildman–Crippen LogP) is 2.38. The summed E-state index contributed by atoms with van der Waals surface area (Å²) in [6, 6.07) is 9.05. The average Bonchev–Trinajstić information content (AvgIpc) is 3.14. The molecule has 1 aromatic carbocycles. The molecule has 1 fully saturated rings. The molecule has 2 aliphatic heterocycles. The number of fused-ring (bicyclic) bond motifs is 3. The maximum absolute atomic E-state index is 13.0. The maximum Gasteiger partial charge on any atom is 0.507 e. The summed E-state index contributed by atoms with van der Waals surface area (Å²) in [7, 11) is 1.63. The number of nitrogens with zero attached hydrogens (tertiary/aromatic N) is 4. The Balaban J connectivity index is 1.63. The van der Waals surface area contributed by atoms with Gasteiger partial charge in [0, 0.05) is 25.5 Å². The van der Waals surface area contributed by atoms with Gasteiger partial charge >= 0.3 is 12.0 Å². The van der Waals surface area contributed by atoms with E-state index in [1.807, 2.05) is 56.3 Å². The molecule has 1 saturated heterocycles. The third-order valence-electron chi connectivity index (χ3n) is 4.79. The van der Waals surface area contributed by atoms with Gasteiger partial charge in [-0.1, -0.05) is 42.5 Å². The van der Waals surface area contributed by atoms with Gasteiger partial charge in [0.1, 0.15) is 5.69 Å². The highest BCUT2D eigenvalue weighted by Gasteiger charge is 2.55. The first-order valence-electron chi connectivity index (χ1n) is 8.40. The van der Waals surface area contributed by atoms with Crippen LogP contribution in [-0.2, 0) is 4.79 Å². The summed E-state index contributed by atoms with van der Waals surface area (Å²) in [5.74, 6) is 0.827. The molecule has 0 N–H and O–H groups in total. The minimum atomic E-state index is -0.657. The molecule has 3 amide bonds. The van der Waals surface area contributed by atoms with Crippen molar-refractivity contribution in [2.75, 3.05) is 13.6 Å². The largest absolute Gasteiger partial charge is 0.507 e. The molecular weight excluding hydrogens is 332 g/mol. The van der Waals surface area contributed by atoms with Gasteiger partial charge in [-0.2, -0.15) is 4.57 Å². The number of aromatic nitrogens is 1. The van der Waals surface area contributed by atoms with Crippen LogP contribution < -0.4 is 4.57 Å². The van der Waals surface area contributed by atoms with Crippen molar-refractivity contribution in [3.8, 4) is 0 Å². The molecule has 2 aromatic rings. The average molecular weight is 351 g/mol. The van der Waals surface area contributed by atoms with Gasteiger partial charge in [-0.25, -0.2) is 4.79 Å². The summed E-state index contributed by atoms with van der Waals surface area (Å²) in [4.78, 5) is 32.7. The van der Waals surface area contributed by atoms with Gasteiger partial charge in [-0.3, -0.25) is 14.6 Å². The molecule has 26 heavy (non-hydrogen) atoms. The second-order valence-corrected chi connectivity index (χ2v) is 6.37. The van der Waals surface area contributed by atoms with Crippen LogP contribution in [-0.4, -0.2) is 41.2 Å². The summed E-state index contributed by atoms with van der Waals surface area (Å²) in [6.45, 7) is 3.91. The minimum absolute atomic E-state index is 0.201. The number of carbonyl (C=O) groups excluding carboxylic acids is 2. The Morgan fingerprint density at radius 1 is 1.23 bits per heavy atom.